The highest BCUT2D eigenvalue weighted by atomic mass is 16.4. The molecule has 0 spiro atoms. The van der Waals surface area contributed by atoms with Crippen molar-refractivity contribution in [3.8, 4) is 0 Å². The van der Waals surface area contributed by atoms with Gasteiger partial charge in [-0.2, -0.15) is 0 Å². The summed E-state index contributed by atoms with van der Waals surface area (Å²) in [6.07, 6.45) is 0. The third-order valence-electron chi connectivity index (χ3n) is 6.65. The second-order valence-corrected chi connectivity index (χ2v) is 6.36. The molecule has 0 bridgehead atoms. The van der Waals surface area contributed by atoms with Crippen molar-refractivity contribution in [3.63, 3.8) is 0 Å². The lowest BCUT2D eigenvalue weighted by Gasteiger charge is -3.08. The van der Waals surface area contributed by atoms with Crippen LogP contribution in [-0.4, -0.2) is 23.0 Å². The number of nitrogens with one attached hydrogen (secondary N) is 1. The van der Waals surface area contributed by atoms with Gasteiger partial charge in [0.15, 0.2) is 0 Å². The smallest absolute Gasteiger partial charge is 0.326 e. The Hall–Kier alpha value is -1.06. The fraction of sp³-hybridized carbons (Fsp3) is 0.833. The number of carbonyl (C=O) groups excluding carboxylic acids is 1. The van der Waals surface area contributed by atoms with Gasteiger partial charge in [-0.1, -0.05) is 0 Å². The average molecular weight is 219 g/mol. The summed E-state index contributed by atoms with van der Waals surface area (Å²) in [6, 6.07) is -0.602. The molecule has 6 rings (SSSR count). The zero-order valence-corrected chi connectivity index (χ0v) is 8.88. The fourth-order valence-corrected chi connectivity index (χ4v) is 6.70. The van der Waals surface area contributed by atoms with Gasteiger partial charge in [-0.25, -0.2) is 4.79 Å². The van der Waals surface area contributed by atoms with E-state index in [1.807, 2.05) is 0 Å². The van der Waals surface area contributed by atoms with Gasteiger partial charge >= 0.3 is 5.97 Å². The standard InChI is InChI=1S/C12H13NO3/c1-2(14)13-10(11(15)16)12-7-4-3-5(7)9(12)6(3)8(4)12/h3-10H,1H3,(H,13,14)(H,15,16). The molecule has 1 unspecified atom stereocenters. The van der Waals surface area contributed by atoms with Crippen LogP contribution in [0.5, 0.6) is 0 Å². The van der Waals surface area contributed by atoms with Crippen molar-refractivity contribution in [1.29, 1.82) is 0 Å². The summed E-state index contributed by atoms with van der Waals surface area (Å²) in [5, 5.41) is 12.0. The summed E-state index contributed by atoms with van der Waals surface area (Å²) >= 11 is 0. The van der Waals surface area contributed by atoms with Gasteiger partial charge in [0.1, 0.15) is 6.04 Å². The summed E-state index contributed by atoms with van der Waals surface area (Å²) in [4.78, 5) is 22.5. The molecule has 6 aliphatic carbocycles. The molecule has 2 N–H and O–H groups in total. The molecule has 0 aromatic carbocycles. The minimum absolute atomic E-state index is 0.00620. The van der Waals surface area contributed by atoms with Crippen molar-refractivity contribution in [2.24, 2.45) is 46.8 Å². The zero-order valence-electron chi connectivity index (χ0n) is 8.88. The van der Waals surface area contributed by atoms with Crippen LogP contribution in [0.25, 0.3) is 0 Å². The van der Waals surface area contributed by atoms with E-state index >= 15 is 0 Å². The van der Waals surface area contributed by atoms with Crippen LogP contribution in [0.1, 0.15) is 6.92 Å². The van der Waals surface area contributed by atoms with E-state index in [0.29, 0.717) is 17.8 Å². The van der Waals surface area contributed by atoms with E-state index in [4.69, 9.17) is 0 Å². The summed E-state index contributed by atoms with van der Waals surface area (Å²) in [7, 11) is 0. The normalized spacial score (nSPS) is 65.9. The number of rotatable bonds is 3. The van der Waals surface area contributed by atoms with Crippen LogP contribution in [-0.2, 0) is 9.59 Å². The van der Waals surface area contributed by atoms with Gasteiger partial charge in [0, 0.05) is 12.3 Å². The third kappa shape index (κ3) is 0.412. The molecular weight excluding hydrogens is 206 g/mol. The van der Waals surface area contributed by atoms with Gasteiger partial charge in [0.2, 0.25) is 5.91 Å². The molecule has 1 atom stereocenters. The van der Waals surface area contributed by atoms with Crippen LogP contribution in [0.3, 0.4) is 0 Å². The predicted molar refractivity (Wildman–Crippen MR) is 52.1 cm³/mol. The van der Waals surface area contributed by atoms with Gasteiger partial charge in [0.25, 0.3) is 0 Å². The van der Waals surface area contributed by atoms with Crippen LogP contribution in [0, 0.1) is 46.8 Å². The maximum atomic E-state index is 11.3. The van der Waals surface area contributed by atoms with E-state index in [1.54, 1.807) is 0 Å². The van der Waals surface area contributed by atoms with Gasteiger partial charge < -0.3 is 10.4 Å². The minimum Gasteiger partial charge on any atom is -0.480 e. The molecule has 4 nitrogen and oxygen atoms in total. The lowest BCUT2D eigenvalue weighted by molar-refractivity contribution is -0.617. The van der Waals surface area contributed by atoms with Gasteiger partial charge in [-0.05, 0) is 41.4 Å². The second-order valence-electron chi connectivity index (χ2n) is 6.36. The molecule has 6 aliphatic rings. The molecule has 0 aromatic rings. The highest BCUT2D eigenvalue weighted by molar-refractivity contribution is 5.84. The monoisotopic (exact) mass is 219 g/mol. The van der Waals surface area contributed by atoms with Crippen LogP contribution < -0.4 is 5.32 Å². The Balaban J connectivity index is 1.52. The van der Waals surface area contributed by atoms with Gasteiger partial charge in [-0.3, -0.25) is 4.79 Å². The number of carboxylic acids is 1. The van der Waals surface area contributed by atoms with Crippen LogP contribution in [0.2, 0.25) is 0 Å². The zero-order chi connectivity index (χ0) is 11.0. The molecule has 4 heteroatoms. The van der Waals surface area contributed by atoms with Crippen molar-refractivity contribution < 1.29 is 14.7 Å². The Morgan fingerprint density at radius 2 is 1.62 bits per heavy atom. The molecule has 1 amide bonds. The quantitative estimate of drug-likeness (QED) is 0.699. The molecule has 0 aromatic heterocycles. The highest BCUT2D eigenvalue weighted by Crippen LogP contribution is 3.06. The van der Waals surface area contributed by atoms with Crippen LogP contribution in [0.4, 0.5) is 0 Å². The first-order valence-electron chi connectivity index (χ1n) is 6.11. The van der Waals surface area contributed by atoms with Gasteiger partial charge in [-0.15, -0.1) is 0 Å². The van der Waals surface area contributed by atoms with Crippen molar-refractivity contribution in [3.05, 3.63) is 0 Å². The van der Waals surface area contributed by atoms with Crippen LogP contribution >= 0.6 is 0 Å². The number of carboxylic acid groups (broad SMARTS) is 1. The predicted octanol–water partition coefficient (Wildman–Crippen LogP) is -0.0565. The van der Waals surface area contributed by atoms with Crippen molar-refractivity contribution in [1.82, 2.24) is 5.32 Å². The molecule has 0 heterocycles. The van der Waals surface area contributed by atoms with E-state index in [2.05, 4.69) is 5.32 Å². The number of hydrogen-bond acceptors (Lipinski definition) is 2. The summed E-state index contributed by atoms with van der Waals surface area (Å²) in [5.41, 5.74) is 0.00620. The number of hydrogen-bond donors (Lipinski definition) is 2. The van der Waals surface area contributed by atoms with Crippen LogP contribution in [0.15, 0.2) is 0 Å². The molecule has 6 saturated carbocycles. The lowest BCUT2D eigenvalue weighted by atomic mass is 8.96. The fourth-order valence-electron chi connectivity index (χ4n) is 6.70. The van der Waals surface area contributed by atoms with E-state index in [-0.39, 0.29) is 11.3 Å². The molecule has 16 heavy (non-hydrogen) atoms. The van der Waals surface area contributed by atoms with E-state index < -0.39 is 12.0 Å². The maximum Gasteiger partial charge on any atom is 0.326 e. The maximum absolute atomic E-state index is 11.3. The largest absolute Gasteiger partial charge is 0.480 e. The molecule has 84 valence electrons. The Morgan fingerprint density at radius 1 is 1.12 bits per heavy atom. The number of amides is 1. The van der Waals surface area contributed by atoms with E-state index in [9.17, 15) is 14.7 Å². The summed E-state index contributed by atoms with van der Waals surface area (Å²) < 4.78 is 0. The van der Waals surface area contributed by atoms with Crippen molar-refractivity contribution in [2.75, 3.05) is 0 Å². The lowest BCUT2D eigenvalue weighted by Crippen LogP contribution is -3.08. The van der Waals surface area contributed by atoms with E-state index in [1.165, 1.54) is 6.92 Å². The Morgan fingerprint density at radius 3 is 2.00 bits per heavy atom. The number of aliphatic carboxylic acids is 1. The molecular formula is C12H13NO3. The summed E-state index contributed by atoms with van der Waals surface area (Å²) in [5.74, 6) is 4.49. The first-order valence-corrected chi connectivity index (χ1v) is 6.11. The Labute approximate surface area is 92.4 Å². The Kier molecular flexibility index (Phi) is 0.914. The van der Waals surface area contributed by atoms with Crippen molar-refractivity contribution >= 4 is 11.9 Å². The average Bonchev–Trinajstić information content (AvgIpc) is 2.25. The number of carbonyl (C=O) groups is 2. The first-order chi connectivity index (χ1) is 7.61. The highest BCUT2D eigenvalue weighted by Gasteiger charge is 3.05. The van der Waals surface area contributed by atoms with Gasteiger partial charge in [0.05, 0.1) is 0 Å². The first kappa shape index (κ1) is 8.09. The molecule has 6 fully saturated rings. The molecule has 0 radical (unpaired) electrons. The second kappa shape index (κ2) is 1.81. The topological polar surface area (TPSA) is 66.4 Å². The van der Waals surface area contributed by atoms with E-state index in [0.717, 1.165) is 23.7 Å². The third-order valence-corrected chi connectivity index (χ3v) is 6.65. The summed E-state index contributed by atoms with van der Waals surface area (Å²) in [6.45, 7) is 1.41. The molecule has 0 aliphatic heterocycles. The SMILES string of the molecule is CC(=O)NC(C(=O)O)C12C3C4C5C3C1C5C42. The minimum atomic E-state index is -0.828. The molecule has 0 saturated heterocycles. The van der Waals surface area contributed by atoms with Crippen molar-refractivity contribution in [2.45, 2.75) is 13.0 Å². The Bertz CT molecular complexity index is 420.